The maximum atomic E-state index is 11.7. The Morgan fingerprint density at radius 2 is 1.68 bits per heavy atom. The molecule has 0 bridgehead atoms. The second-order valence-electron chi connectivity index (χ2n) is 6.93. The maximum Gasteiger partial charge on any atom is 0.508 e. The van der Waals surface area contributed by atoms with E-state index in [-0.39, 0.29) is 12.7 Å². The smallest absolute Gasteiger partial charge is 0.467 e. The van der Waals surface area contributed by atoms with Crippen LogP contribution in [0.15, 0.2) is 0 Å². The first-order chi connectivity index (χ1) is 11.6. The van der Waals surface area contributed by atoms with Gasteiger partial charge in [-0.1, -0.05) is 27.2 Å². The number of carbonyl (C=O) groups is 3. The van der Waals surface area contributed by atoms with Crippen LogP contribution in [-0.2, 0) is 23.8 Å². The molecule has 0 saturated heterocycles. The van der Waals surface area contributed by atoms with Crippen LogP contribution < -0.4 is 5.32 Å². The van der Waals surface area contributed by atoms with Gasteiger partial charge in [0.25, 0.3) is 0 Å². The molecule has 0 aliphatic rings. The third-order valence-corrected chi connectivity index (χ3v) is 3.71. The molecule has 0 fully saturated rings. The SMILES string of the molecule is COC(=O)C(COC(=O)OC(C)CCCC(C)CC(C)C)NC(C)=O. The summed E-state index contributed by atoms with van der Waals surface area (Å²) in [5.74, 6) is 0.231. The first kappa shape index (κ1) is 23.2. The predicted octanol–water partition coefficient (Wildman–Crippen LogP) is 3.06. The van der Waals surface area contributed by atoms with E-state index in [1.165, 1.54) is 20.5 Å². The van der Waals surface area contributed by atoms with Crippen LogP contribution in [0.25, 0.3) is 0 Å². The molecule has 0 aliphatic heterocycles. The second kappa shape index (κ2) is 12.6. The van der Waals surface area contributed by atoms with Crippen molar-refractivity contribution in [3.05, 3.63) is 0 Å². The number of carbonyl (C=O) groups excluding carboxylic acids is 3. The highest BCUT2D eigenvalue weighted by molar-refractivity contribution is 5.83. The number of hydrogen-bond donors (Lipinski definition) is 1. The molecule has 0 aromatic heterocycles. The van der Waals surface area contributed by atoms with E-state index in [0.29, 0.717) is 11.8 Å². The first-order valence-corrected chi connectivity index (χ1v) is 8.84. The highest BCUT2D eigenvalue weighted by Gasteiger charge is 2.23. The van der Waals surface area contributed by atoms with Crippen molar-refractivity contribution in [3.8, 4) is 0 Å². The van der Waals surface area contributed by atoms with Gasteiger partial charge in [-0.2, -0.15) is 0 Å². The van der Waals surface area contributed by atoms with Gasteiger partial charge in [0.2, 0.25) is 5.91 Å². The third kappa shape index (κ3) is 12.3. The monoisotopic (exact) mass is 359 g/mol. The fourth-order valence-electron chi connectivity index (χ4n) is 2.64. The fourth-order valence-corrected chi connectivity index (χ4v) is 2.64. The lowest BCUT2D eigenvalue weighted by Crippen LogP contribution is -2.44. The van der Waals surface area contributed by atoms with Gasteiger partial charge in [0, 0.05) is 6.92 Å². The molecular weight excluding hydrogens is 326 g/mol. The molecule has 25 heavy (non-hydrogen) atoms. The summed E-state index contributed by atoms with van der Waals surface area (Å²) in [4.78, 5) is 34.2. The van der Waals surface area contributed by atoms with Crippen LogP contribution in [0.2, 0.25) is 0 Å². The van der Waals surface area contributed by atoms with Gasteiger partial charge < -0.3 is 19.5 Å². The Balaban J connectivity index is 4.10. The first-order valence-electron chi connectivity index (χ1n) is 8.84. The van der Waals surface area contributed by atoms with Crippen molar-refractivity contribution in [2.24, 2.45) is 11.8 Å². The summed E-state index contributed by atoms with van der Waals surface area (Å²) in [5, 5.41) is 2.36. The number of rotatable bonds is 11. The normalized spacial score (nSPS) is 14.4. The molecule has 7 heteroatoms. The molecule has 3 unspecified atom stereocenters. The molecule has 0 aromatic carbocycles. The van der Waals surface area contributed by atoms with E-state index in [9.17, 15) is 14.4 Å². The second-order valence-corrected chi connectivity index (χ2v) is 6.93. The molecular formula is C18H33NO6. The average molecular weight is 359 g/mol. The Hall–Kier alpha value is -1.79. The van der Waals surface area contributed by atoms with Crippen molar-refractivity contribution < 1.29 is 28.6 Å². The third-order valence-electron chi connectivity index (χ3n) is 3.71. The van der Waals surface area contributed by atoms with Gasteiger partial charge in [-0.15, -0.1) is 0 Å². The number of nitrogens with one attached hydrogen (secondary N) is 1. The molecule has 0 spiro atoms. The van der Waals surface area contributed by atoms with E-state index in [1.807, 2.05) is 0 Å². The van der Waals surface area contributed by atoms with Crippen molar-refractivity contribution in [1.29, 1.82) is 0 Å². The molecule has 3 atom stereocenters. The van der Waals surface area contributed by atoms with Gasteiger partial charge in [0.1, 0.15) is 12.7 Å². The van der Waals surface area contributed by atoms with E-state index in [1.54, 1.807) is 6.92 Å². The van der Waals surface area contributed by atoms with Crippen molar-refractivity contribution in [2.75, 3.05) is 13.7 Å². The summed E-state index contributed by atoms with van der Waals surface area (Å²) in [5.41, 5.74) is 0. The van der Waals surface area contributed by atoms with Crippen LogP contribution in [0, 0.1) is 11.8 Å². The Labute approximate surface area is 150 Å². The maximum absolute atomic E-state index is 11.7. The highest BCUT2D eigenvalue weighted by Crippen LogP contribution is 2.18. The van der Waals surface area contributed by atoms with Gasteiger partial charge in [0.15, 0.2) is 6.04 Å². The van der Waals surface area contributed by atoms with Crippen LogP contribution in [-0.4, -0.2) is 43.9 Å². The number of esters is 1. The molecule has 7 nitrogen and oxygen atoms in total. The lowest BCUT2D eigenvalue weighted by Gasteiger charge is -2.18. The zero-order chi connectivity index (χ0) is 19.4. The summed E-state index contributed by atoms with van der Waals surface area (Å²) >= 11 is 0. The van der Waals surface area contributed by atoms with Crippen molar-refractivity contribution in [3.63, 3.8) is 0 Å². The van der Waals surface area contributed by atoms with Crippen molar-refractivity contribution in [2.45, 2.75) is 72.4 Å². The standard InChI is InChI=1S/C18H33NO6/c1-12(2)10-13(3)8-7-9-14(4)25-18(22)24-11-16(17(21)23-6)19-15(5)20/h12-14,16H,7-11H2,1-6H3,(H,19,20). The van der Waals surface area contributed by atoms with Crippen LogP contribution in [0.3, 0.4) is 0 Å². The lowest BCUT2D eigenvalue weighted by atomic mass is 9.93. The summed E-state index contributed by atoms with van der Waals surface area (Å²) in [6.07, 6.45) is 2.88. The van der Waals surface area contributed by atoms with Gasteiger partial charge in [-0.3, -0.25) is 4.79 Å². The van der Waals surface area contributed by atoms with Gasteiger partial charge in [-0.05, 0) is 38.0 Å². The van der Waals surface area contributed by atoms with E-state index < -0.39 is 24.1 Å². The van der Waals surface area contributed by atoms with Gasteiger partial charge in [-0.25, -0.2) is 9.59 Å². The highest BCUT2D eigenvalue weighted by atomic mass is 16.7. The Kier molecular flexibility index (Phi) is 11.7. The quantitative estimate of drug-likeness (QED) is 0.570. The van der Waals surface area contributed by atoms with Gasteiger partial charge >= 0.3 is 12.1 Å². The van der Waals surface area contributed by atoms with Crippen molar-refractivity contribution >= 4 is 18.0 Å². The minimum absolute atomic E-state index is 0.268. The predicted molar refractivity (Wildman–Crippen MR) is 94.0 cm³/mol. The molecule has 0 aliphatic carbocycles. The summed E-state index contributed by atoms with van der Waals surface area (Å²) < 4.78 is 14.6. The molecule has 1 amide bonds. The lowest BCUT2D eigenvalue weighted by molar-refractivity contribution is -0.146. The minimum Gasteiger partial charge on any atom is -0.467 e. The Morgan fingerprint density at radius 3 is 2.20 bits per heavy atom. The molecule has 0 rings (SSSR count). The van der Waals surface area contributed by atoms with E-state index in [4.69, 9.17) is 9.47 Å². The number of methoxy groups -OCH3 is 1. The van der Waals surface area contributed by atoms with Crippen LogP contribution in [0.5, 0.6) is 0 Å². The fraction of sp³-hybridized carbons (Fsp3) is 0.833. The van der Waals surface area contributed by atoms with Gasteiger partial charge in [0.05, 0.1) is 7.11 Å². The van der Waals surface area contributed by atoms with Crippen molar-refractivity contribution in [1.82, 2.24) is 5.32 Å². The number of amides is 1. The van der Waals surface area contributed by atoms with Crippen LogP contribution >= 0.6 is 0 Å². The number of hydrogen-bond acceptors (Lipinski definition) is 6. The van der Waals surface area contributed by atoms with E-state index >= 15 is 0 Å². The van der Waals surface area contributed by atoms with Crippen LogP contribution in [0.4, 0.5) is 4.79 Å². The minimum atomic E-state index is -1.04. The average Bonchev–Trinajstić information content (AvgIpc) is 2.49. The number of ether oxygens (including phenoxy) is 3. The zero-order valence-corrected chi connectivity index (χ0v) is 16.3. The van der Waals surface area contributed by atoms with E-state index in [2.05, 4.69) is 30.8 Å². The molecule has 0 aromatic rings. The van der Waals surface area contributed by atoms with Crippen LogP contribution in [0.1, 0.15) is 60.3 Å². The molecule has 0 saturated carbocycles. The van der Waals surface area contributed by atoms with E-state index in [0.717, 1.165) is 19.3 Å². The summed E-state index contributed by atoms with van der Waals surface area (Å²) in [6, 6.07) is -1.04. The topological polar surface area (TPSA) is 90.9 Å². The molecule has 1 N–H and O–H groups in total. The largest absolute Gasteiger partial charge is 0.508 e. The Bertz CT molecular complexity index is 424. The molecule has 146 valence electrons. The molecule has 0 radical (unpaired) electrons. The summed E-state index contributed by atoms with van der Waals surface area (Å²) in [6.45, 7) is 9.39. The zero-order valence-electron chi connectivity index (χ0n) is 16.3. The summed E-state index contributed by atoms with van der Waals surface area (Å²) in [7, 11) is 1.19. The molecule has 0 heterocycles. The Morgan fingerprint density at radius 1 is 1.04 bits per heavy atom.